The van der Waals surface area contributed by atoms with Gasteiger partial charge in [-0.05, 0) is 17.7 Å². The first kappa shape index (κ1) is 10.2. The van der Waals surface area contributed by atoms with Crippen LogP contribution < -0.4 is 11.1 Å². The number of hydrogen-bond acceptors (Lipinski definition) is 5. The smallest absolute Gasteiger partial charge is 0.234 e. The van der Waals surface area contributed by atoms with Crippen molar-refractivity contribution in [2.24, 2.45) is 0 Å². The Morgan fingerprint density at radius 3 is 3.12 bits per heavy atom. The molecule has 0 saturated heterocycles. The number of rotatable bonds is 1. The molecule has 0 saturated carbocycles. The SMILES string of the molecule is Nc1oncc1-c1ccc2c(c1)NC(=O)CS2. The van der Waals surface area contributed by atoms with Gasteiger partial charge in [0.05, 0.1) is 23.2 Å². The Kier molecular flexibility index (Phi) is 2.29. The summed E-state index contributed by atoms with van der Waals surface area (Å²) in [5.74, 6) is 0.750. The Morgan fingerprint density at radius 2 is 2.35 bits per heavy atom. The first-order chi connectivity index (χ1) is 8.24. The van der Waals surface area contributed by atoms with E-state index in [0.29, 0.717) is 5.75 Å². The maximum Gasteiger partial charge on any atom is 0.234 e. The second-order valence-corrected chi connectivity index (χ2v) is 4.67. The average molecular weight is 247 g/mol. The molecule has 86 valence electrons. The van der Waals surface area contributed by atoms with Gasteiger partial charge >= 0.3 is 0 Å². The number of nitrogens with one attached hydrogen (secondary N) is 1. The minimum atomic E-state index is 0.0120. The van der Waals surface area contributed by atoms with Gasteiger partial charge < -0.3 is 15.6 Å². The zero-order chi connectivity index (χ0) is 11.8. The lowest BCUT2D eigenvalue weighted by Crippen LogP contribution is -2.18. The molecule has 3 rings (SSSR count). The highest BCUT2D eigenvalue weighted by Crippen LogP contribution is 2.36. The summed E-state index contributed by atoms with van der Waals surface area (Å²) >= 11 is 1.52. The summed E-state index contributed by atoms with van der Waals surface area (Å²) in [6.45, 7) is 0. The third-order valence-electron chi connectivity index (χ3n) is 2.52. The minimum Gasteiger partial charge on any atom is -0.367 e. The van der Waals surface area contributed by atoms with Gasteiger partial charge in [-0.15, -0.1) is 11.8 Å². The van der Waals surface area contributed by atoms with Crippen molar-refractivity contribution in [1.82, 2.24) is 5.16 Å². The highest BCUT2D eigenvalue weighted by molar-refractivity contribution is 8.00. The van der Waals surface area contributed by atoms with E-state index in [1.54, 1.807) is 6.20 Å². The number of carbonyl (C=O) groups is 1. The Hall–Kier alpha value is -1.95. The zero-order valence-electron chi connectivity index (χ0n) is 8.77. The number of nitrogens with zero attached hydrogens (tertiary/aromatic N) is 1. The molecule has 1 amide bonds. The van der Waals surface area contributed by atoms with Crippen LogP contribution in [0.1, 0.15) is 0 Å². The summed E-state index contributed by atoms with van der Waals surface area (Å²) in [6.07, 6.45) is 1.56. The van der Waals surface area contributed by atoms with E-state index in [0.717, 1.165) is 21.7 Å². The molecule has 1 aliphatic rings. The van der Waals surface area contributed by atoms with Crippen molar-refractivity contribution < 1.29 is 9.32 Å². The maximum absolute atomic E-state index is 11.3. The van der Waals surface area contributed by atoms with Crippen molar-refractivity contribution in [2.45, 2.75) is 4.90 Å². The molecule has 0 aliphatic carbocycles. The van der Waals surface area contributed by atoms with Gasteiger partial charge in [-0.3, -0.25) is 4.79 Å². The topological polar surface area (TPSA) is 81.2 Å². The molecule has 1 aromatic carbocycles. The number of hydrogen-bond donors (Lipinski definition) is 2. The highest BCUT2D eigenvalue weighted by atomic mass is 32.2. The number of aromatic nitrogens is 1. The van der Waals surface area contributed by atoms with Crippen LogP contribution in [0.3, 0.4) is 0 Å². The maximum atomic E-state index is 11.3. The van der Waals surface area contributed by atoms with Crippen LogP contribution in [0.2, 0.25) is 0 Å². The fraction of sp³-hybridized carbons (Fsp3) is 0.0909. The Morgan fingerprint density at radius 1 is 1.47 bits per heavy atom. The van der Waals surface area contributed by atoms with Crippen LogP contribution in [0, 0.1) is 0 Å². The standard InChI is InChI=1S/C11H9N3O2S/c12-11-7(4-13-16-11)6-1-2-9-8(3-6)14-10(15)5-17-9/h1-4H,5,12H2,(H,14,15). The first-order valence-corrected chi connectivity index (χ1v) is 6.00. The second-order valence-electron chi connectivity index (χ2n) is 3.65. The Labute approximate surface area is 101 Å². The summed E-state index contributed by atoms with van der Waals surface area (Å²) in [5, 5.41) is 6.46. The van der Waals surface area contributed by atoms with Crippen LogP contribution in [-0.4, -0.2) is 16.8 Å². The van der Waals surface area contributed by atoms with Gasteiger partial charge in [-0.1, -0.05) is 11.2 Å². The Bertz CT molecular complexity index is 594. The van der Waals surface area contributed by atoms with E-state index in [-0.39, 0.29) is 11.8 Å². The van der Waals surface area contributed by atoms with Crippen molar-refractivity contribution in [3.8, 4) is 11.1 Å². The summed E-state index contributed by atoms with van der Waals surface area (Å²) in [7, 11) is 0. The number of nitrogens with two attached hydrogens (primary N) is 1. The molecule has 17 heavy (non-hydrogen) atoms. The molecule has 2 heterocycles. The van der Waals surface area contributed by atoms with Gasteiger partial charge in [0.1, 0.15) is 0 Å². The molecule has 0 spiro atoms. The van der Waals surface area contributed by atoms with Gasteiger partial charge in [0.15, 0.2) is 0 Å². The second kappa shape index (κ2) is 3.81. The molecule has 0 fully saturated rings. The van der Waals surface area contributed by atoms with E-state index < -0.39 is 0 Å². The predicted molar refractivity (Wildman–Crippen MR) is 65.7 cm³/mol. The minimum absolute atomic E-state index is 0.0120. The van der Waals surface area contributed by atoms with E-state index in [1.807, 2.05) is 18.2 Å². The third kappa shape index (κ3) is 1.76. The molecule has 3 N–H and O–H groups in total. The molecule has 1 aromatic heterocycles. The number of carbonyl (C=O) groups excluding carboxylic acids is 1. The van der Waals surface area contributed by atoms with Crippen LogP contribution in [0.15, 0.2) is 33.8 Å². The molecule has 0 radical (unpaired) electrons. The lowest BCUT2D eigenvalue weighted by Gasteiger charge is -2.16. The number of nitrogen functional groups attached to an aromatic ring is 1. The molecule has 1 aliphatic heterocycles. The van der Waals surface area contributed by atoms with Crippen molar-refractivity contribution in [3.63, 3.8) is 0 Å². The lowest BCUT2D eigenvalue weighted by atomic mass is 10.1. The van der Waals surface area contributed by atoms with Gasteiger partial charge in [-0.2, -0.15) is 0 Å². The largest absolute Gasteiger partial charge is 0.367 e. The molecular formula is C11H9N3O2S. The molecule has 2 aromatic rings. The number of anilines is 2. The van der Waals surface area contributed by atoms with E-state index in [1.165, 1.54) is 11.8 Å². The average Bonchev–Trinajstić information content (AvgIpc) is 2.74. The summed E-state index contributed by atoms with van der Waals surface area (Å²) < 4.78 is 4.82. The molecule has 6 heteroatoms. The fourth-order valence-corrected chi connectivity index (χ4v) is 2.50. The zero-order valence-corrected chi connectivity index (χ0v) is 9.58. The molecular weight excluding hydrogens is 238 g/mol. The summed E-state index contributed by atoms with van der Waals surface area (Å²) in [6, 6.07) is 5.77. The van der Waals surface area contributed by atoms with Crippen LogP contribution in [0.25, 0.3) is 11.1 Å². The third-order valence-corrected chi connectivity index (χ3v) is 3.60. The van der Waals surface area contributed by atoms with Crippen LogP contribution in [-0.2, 0) is 4.79 Å². The van der Waals surface area contributed by atoms with Crippen LogP contribution >= 0.6 is 11.8 Å². The normalized spacial score (nSPS) is 14.2. The number of fused-ring (bicyclic) bond motifs is 1. The van der Waals surface area contributed by atoms with E-state index in [2.05, 4.69) is 10.5 Å². The van der Waals surface area contributed by atoms with Gasteiger partial charge in [-0.25, -0.2) is 0 Å². The van der Waals surface area contributed by atoms with E-state index >= 15 is 0 Å². The van der Waals surface area contributed by atoms with Gasteiger partial charge in [0.25, 0.3) is 0 Å². The number of benzene rings is 1. The van der Waals surface area contributed by atoms with E-state index in [9.17, 15) is 4.79 Å². The van der Waals surface area contributed by atoms with Crippen molar-refractivity contribution in [3.05, 3.63) is 24.4 Å². The van der Waals surface area contributed by atoms with Crippen molar-refractivity contribution in [1.29, 1.82) is 0 Å². The van der Waals surface area contributed by atoms with Gasteiger partial charge in [0.2, 0.25) is 11.8 Å². The Balaban J connectivity index is 2.06. The molecule has 0 unspecified atom stereocenters. The number of amides is 1. The molecule has 0 bridgehead atoms. The summed E-state index contributed by atoms with van der Waals surface area (Å²) in [5.41, 5.74) is 8.08. The van der Waals surface area contributed by atoms with Gasteiger partial charge in [0, 0.05) is 4.90 Å². The number of thioether (sulfide) groups is 1. The lowest BCUT2D eigenvalue weighted by molar-refractivity contribution is -0.113. The summed E-state index contributed by atoms with van der Waals surface area (Å²) in [4.78, 5) is 12.4. The van der Waals surface area contributed by atoms with E-state index in [4.69, 9.17) is 10.3 Å². The first-order valence-electron chi connectivity index (χ1n) is 5.01. The van der Waals surface area contributed by atoms with Crippen LogP contribution in [0.5, 0.6) is 0 Å². The highest BCUT2D eigenvalue weighted by Gasteiger charge is 2.17. The monoisotopic (exact) mass is 247 g/mol. The fourth-order valence-electron chi connectivity index (χ4n) is 1.72. The predicted octanol–water partition coefficient (Wildman–Crippen LogP) is 1.97. The quantitative estimate of drug-likeness (QED) is 0.805. The van der Waals surface area contributed by atoms with Crippen LogP contribution in [0.4, 0.5) is 11.6 Å². The molecule has 0 atom stereocenters. The van der Waals surface area contributed by atoms with Crippen molar-refractivity contribution in [2.75, 3.05) is 16.8 Å². The van der Waals surface area contributed by atoms with Crippen molar-refractivity contribution >= 4 is 29.2 Å². The molecule has 5 nitrogen and oxygen atoms in total.